The largest absolute Gasteiger partial charge is 0.309 e. The molecule has 1 heterocycles. The average molecular weight is 618 g/mol. The van der Waals surface area contributed by atoms with Gasteiger partial charge in [0.2, 0.25) is 0 Å². The Bertz CT molecular complexity index is 3290. The molecule has 0 bridgehead atoms. The molecule has 0 aliphatic rings. The summed E-state index contributed by atoms with van der Waals surface area (Å²) in [5.74, 6) is 0. The van der Waals surface area contributed by atoms with Gasteiger partial charge < -0.3 is 4.57 Å². The van der Waals surface area contributed by atoms with Gasteiger partial charge in [-0.2, -0.15) is 0 Å². The Labute approximate surface area is 281 Å². The number of fused-ring (bicyclic) bond motifs is 12. The van der Waals surface area contributed by atoms with Crippen LogP contribution in [0.4, 0.5) is 0 Å². The molecule has 1 nitrogen and oxygen atoms in total. The molecule has 0 aliphatic carbocycles. The summed E-state index contributed by atoms with van der Waals surface area (Å²) in [5.41, 5.74) is 6.26. The summed E-state index contributed by atoms with van der Waals surface area (Å²) in [4.78, 5) is 0. The number of rotatable bonds is 2. The zero-order valence-electron chi connectivity index (χ0n) is 26.5. The summed E-state index contributed by atoms with van der Waals surface area (Å²) in [6.07, 6.45) is 0. The van der Waals surface area contributed by atoms with Crippen LogP contribution >= 0.6 is 0 Å². The second-order valence-electron chi connectivity index (χ2n) is 13.6. The van der Waals surface area contributed by atoms with E-state index in [4.69, 9.17) is 0 Å². The van der Waals surface area contributed by atoms with Crippen molar-refractivity contribution >= 4 is 97.2 Å². The second kappa shape index (κ2) is 9.13. The quantitative estimate of drug-likeness (QED) is 0.170. The first kappa shape index (κ1) is 25.6. The third kappa shape index (κ3) is 3.16. The van der Waals surface area contributed by atoms with E-state index in [2.05, 4.69) is 168 Å². The molecule has 11 aromatic carbocycles. The van der Waals surface area contributed by atoms with Crippen LogP contribution in [0.2, 0.25) is 0 Å². The number of benzene rings is 9. The molecular formula is C48H27N. The molecule has 0 unspecified atom stereocenters. The summed E-state index contributed by atoms with van der Waals surface area (Å²) in [5, 5.41) is 21.3. The van der Waals surface area contributed by atoms with Crippen molar-refractivity contribution in [2.45, 2.75) is 0 Å². The Hall–Kier alpha value is -6.44. The molecule has 0 saturated heterocycles. The fourth-order valence-electron chi connectivity index (χ4n) is 9.38. The first-order valence-electron chi connectivity index (χ1n) is 17.1. The smallest absolute Gasteiger partial charge is 0.0553 e. The number of para-hydroxylation sites is 2. The first-order chi connectivity index (χ1) is 24.3. The third-order valence-corrected chi connectivity index (χ3v) is 11.2. The van der Waals surface area contributed by atoms with Crippen LogP contribution in [-0.2, 0) is 0 Å². The molecule has 224 valence electrons. The normalized spacial score (nSPS) is 12.5. The second-order valence-corrected chi connectivity index (χ2v) is 13.6. The first-order valence-corrected chi connectivity index (χ1v) is 17.1. The summed E-state index contributed by atoms with van der Waals surface area (Å²) in [7, 11) is 0. The van der Waals surface area contributed by atoms with Crippen molar-refractivity contribution in [1.29, 1.82) is 0 Å². The molecule has 0 fully saturated rings. The highest BCUT2D eigenvalue weighted by molar-refractivity contribution is 6.43. The lowest BCUT2D eigenvalue weighted by Gasteiger charge is -2.14. The Morgan fingerprint density at radius 3 is 1.55 bits per heavy atom. The highest BCUT2D eigenvalue weighted by Crippen LogP contribution is 2.52. The highest BCUT2D eigenvalue weighted by Gasteiger charge is 2.24. The SMILES string of the molecule is c1ccc(-c2c3c(cc4c5cc6c(c7cccc(c24)c57)c2ccccc2n6-c2ccccc2)cc2c4ccccc4c4cccc3c42)cc1. The Morgan fingerprint density at radius 2 is 0.796 bits per heavy atom. The topological polar surface area (TPSA) is 4.93 Å². The van der Waals surface area contributed by atoms with Gasteiger partial charge in [-0.3, -0.25) is 0 Å². The maximum absolute atomic E-state index is 2.50. The fourth-order valence-corrected chi connectivity index (χ4v) is 9.38. The minimum Gasteiger partial charge on any atom is -0.309 e. The van der Waals surface area contributed by atoms with Gasteiger partial charge in [0.25, 0.3) is 0 Å². The predicted octanol–water partition coefficient (Wildman–Crippen LogP) is 13.4. The van der Waals surface area contributed by atoms with Gasteiger partial charge in [-0.25, -0.2) is 0 Å². The molecule has 49 heavy (non-hydrogen) atoms. The van der Waals surface area contributed by atoms with Crippen LogP contribution in [0.25, 0.3) is 114 Å². The predicted molar refractivity (Wildman–Crippen MR) is 211 cm³/mol. The monoisotopic (exact) mass is 617 g/mol. The molecule has 12 rings (SSSR count). The number of hydrogen-bond donors (Lipinski definition) is 0. The number of nitrogens with zero attached hydrogens (tertiary/aromatic N) is 1. The number of aromatic nitrogens is 1. The molecular weight excluding hydrogens is 591 g/mol. The summed E-state index contributed by atoms with van der Waals surface area (Å²) in [6.45, 7) is 0. The fraction of sp³-hybridized carbons (Fsp3) is 0. The van der Waals surface area contributed by atoms with E-state index in [-0.39, 0.29) is 0 Å². The lowest BCUT2D eigenvalue weighted by molar-refractivity contribution is 1.18. The van der Waals surface area contributed by atoms with Crippen LogP contribution in [0.1, 0.15) is 0 Å². The van der Waals surface area contributed by atoms with Crippen LogP contribution in [0.5, 0.6) is 0 Å². The van der Waals surface area contributed by atoms with E-state index >= 15 is 0 Å². The van der Waals surface area contributed by atoms with Gasteiger partial charge in [-0.1, -0.05) is 127 Å². The van der Waals surface area contributed by atoms with Gasteiger partial charge in [-0.15, -0.1) is 0 Å². The molecule has 0 amide bonds. The summed E-state index contributed by atoms with van der Waals surface area (Å²) < 4.78 is 2.46. The van der Waals surface area contributed by atoms with Crippen molar-refractivity contribution in [3.8, 4) is 16.8 Å². The maximum atomic E-state index is 2.50. The van der Waals surface area contributed by atoms with Crippen LogP contribution in [0.3, 0.4) is 0 Å². The molecule has 0 N–H and O–H groups in total. The van der Waals surface area contributed by atoms with Gasteiger partial charge in [0.15, 0.2) is 0 Å². The van der Waals surface area contributed by atoms with E-state index in [0.29, 0.717) is 0 Å². The Morgan fingerprint density at radius 1 is 0.286 bits per heavy atom. The van der Waals surface area contributed by atoms with Crippen molar-refractivity contribution in [3.05, 3.63) is 164 Å². The van der Waals surface area contributed by atoms with Crippen molar-refractivity contribution in [1.82, 2.24) is 4.57 Å². The lowest BCUT2D eigenvalue weighted by Crippen LogP contribution is -1.92. The van der Waals surface area contributed by atoms with Gasteiger partial charge in [0, 0.05) is 16.5 Å². The van der Waals surface area contributed by atoms with Crippen molar-refractivity contribution in [2.75, 3.05) is 0 Å². The Balaban J connectivity index is 1.36. The molecule has 0 atom stereocenters. The lowest BCUT2D eigenvalue weighted by atomic mass is 9.88. The van der Waals surface area contributed by atoms with Crippen molar-refractivity contribution < 1.29 is 0 Å². The van der Waals surface area contributed by atoms with E-state index in [0.717, 1.165) is 0 Å². The van der Waals surface area contributed by atoms with Gasteiger partial charge in [0.1, 0.15) is 0 Å². The van der Waals surface area contributed by atoms with Crippen molar-refractivity contribution in [2.24, 2.45) is 0 Å². The molecule has 1 aromatic heterocycles. The van der Waals surface area contributed by atoms with Crippen LogP contribution in [0.15, 0.2) is 164 Å². The van der Waals surface area contributed by atoms with E-state index < -0.39 is 0 Å². The molecule has 0 saturated carbocycles. The van der Waals surface area contributed by atoms with E-state index in [1.54, 1.807) is 0 Å². The third-order valence-electron chi connectivity index (χ3n) is 11.2. The Kier molecular flexibility index (Phi) is 4.77. The van der Waals surface area contributed by atoms with Crippen LogP contribution < -0.4 is 0 Å². The minimum absolute atomic E-state index is 1.18. The van der Waals surface area contributed by atoms with Gasteiger partial charge in [-0.05, 0) is 123 Å². The molecule has 12 aromatic rings. The summed E-state index contributed by atoms with van der Waals surface area (Å²) >= 11 is 0. The summed E-state index contributed by atoms with van der Waals surface area (Å²) in [6, 6.07) is 61.0. The standard InChI is InChI=1S/C48H27N/c1-3-13-28(14-4-1)44-43-29(25-38-32-18-8-7-17-31(32)33-20-11-21-35(43)45(33)38)26-39-40-27-42-47(36-22-12-23-37(46(36)40)48(39)44)34-19-9-10-24-41(34)49(42)30-15-5-2-6-16-30/h1-27H. The number of hydrogen-bond acceptors (Lipinski definition) is 0. The molecule has 0 radical (unpaired) electrons. The molecule has 0 spiro atoms. The minimum atomic E-state index is 1.18. The van der Waals surface area contributed by atoms with E-state index in [1.807, 2.05) is 0 Å². The van der Waals surface area contributed by atoms with E-state index in [1.165, 1.54) is 114 Å². The highest BCUT2D eigenvalue weighted by atomic mass is 15.0. The van der Waals surface area contributed by atoms with Gasteiger partial charge in [0.05, 0.1) is 11.0 Å². The van der Waals surface area contributed by atoms with Crippen LogP contribution in [0, 0.1) is 0 Å². The molecule has 1 heteroatoms. The zero-order chi connectivity index (χ0) is 31.8. The zero-order valence-corrected chi connectivity index (χ0v) is 26.5. The van der Waals surface area contributed by atoms with Crippen LogP contribution in [-0.4, -0.2) is 4.57 Å². The molecule has 0 aliphatic heterocycles. The average Bonchev–Trinajstić information content (AvgIpc) is 3.79. The van der Waals surface area contributed by atoms with Gasteiger partial charge >= 0.3 is 0 Å². The van der Waals surface area contributed by atoms with Crippen molar-refractivity contribution in [3.63, 3.8) is 0 Å². The maximum Gasteiger partial charge on any atom is 0.0553 e. The van der Waals surface area contributed by atoms with E-state index in [9.17, 15) is 0 Å².